The fourth-order valence-electron chi connectivity index (χ4n) is 2.44. The molecule has 0 fully saturated rings. The first-order valence-corrected chi connectivity index (χ1v) is 8.81. The minimum Gasteiger partial charge on any atom is -0.441 e. The lowest BCUT2D eigenvalue weighted by Crippen LogP contribution is -2.39. The van der Waals surface area contributed by atoms with E-state index in [0.29, 0.717) is 47.6 Å². The minimum absolute atomic E-state index is 0. The molecule has 0 aliphatic heterocycles. The maximum Gasteiger partial charge on any atom is 0.222 e. The van der Waals surface area contributed by atoms with Gasteiger partial charge in [-0.3, -0.25) is 4.79 Å². The Hall–Kier alpha value is -0.980. The average molecular weight is 457 g/mol. The summed E-state index contributed by atoms with van der Waals surface area (Å²) in [5.41, 5.74) is 6.33. The van der Waals surface area contributed by atoms with Crippen LogP contribution in [0.2, 0.25) is 10.0 Å². The fraction of sp³-hybridized carbons (Fsp3) is 0.444. The van der Waals surface area contributed by atoms with Crippen molar-refractivity contribution in [3.63, 3.8) is 0 Å². The number of carbonyl (C=O) groups excluding carboxylic acids is 1. The van der Waals surface area contributed by atoms with E-state index in [1.807, 2.05) is 13.8 Å². The highest BCUT2D eigenvalue weighted by Gasteiger charge is 2.21. The summed E-state index contributed by atoms with van der Waals surface area (Å²) in [5, 5.41) is 1.05. The molecule has 0 saturated heterocycles. The van der Waals surface area contributed by atoms with Crippen LogP contribution in [-0.4, -0.2) is 35.9 Å². The van der Waals surface area contributed by atoms with E-state index in [1.165, 1.54) is 0 Å². The summed E-state index contributed by atoms with van der Waals surface area (Å²) < 4.78 is 5.71. The van der Waals surface area contributed by atoms with Gasteiger partial charge in [-0.25, -0.2) is 4.98 Å². The number of hydrogen-bond donors (Lipinski definition) is 1. The van der Waals surface area contributed by atoms with Gasteiger partial charge >= 0.3 is 0 Å². The van der Waals surface area contributed by atoms with E-state index in [0.717, 1.165) is 5.56 Å². The molecule has 1 amide bonds. The summed E-state index contributed by atoms with van der Waals surface area (Å²) in [6, 6.07) is 5.17. The second-order valence-corrected chi connectivity index (χ2v) is 7.70. The normalized spacial score (nSPS) is 10.7. The Morgan fingerprint density at radius 1 is 1.30 bits per heavy atom. The Morgan fingerprint density at radius 2 is 1.96 bits per heavy atom. The predicted molar refractivity (Wildman–Crippen MR) is 115 cm³/mol. The smallest absolute Gasteiger partial charge is 0.222 e. The number of nitrogens with two attached hydrogens (primary N) is 1. The third kappa shape index (κ3) is 7.51. The molecule has 1 heterocycles. The number of nitrogens with zero attached hydrogens (tertiary/aromatic N) is 2. The van der Waals surface area contributed by atoms with Crippen LogP contribution in [0.1, 0.15) is 26.2 Å². The molecule has 27 heavy (non-hydrogen) atoms. The molecule has 1 aromatic heterocycles. The first kappa shape index (κ1) is 26.0. The number of amides is 1. The summed E-state index contributed by atoms with van der Waals surface area (Å²) in [7, 11) is 1.79. The molecule has 0 bridgehead atoms. The Morgan fingerprint density at radius 3 is 2.56 bits per heavy atom. The van der Waals surface area contributed by atoms with Crippen LogP contribution in [-0.2, 0) is 11.2 Å². The minimum atomic E-state index is -0.105. The first-order chi connectivity index (χ1) is 11.7. The van der Waals surface area contributed by atoms with Crippen LogP contribution in [0, 0.1) is 5.41 Å². The molecule has 2 N–H and O–H groups in total. The quantitative estimate of drug-likeness (QED) is 0.644. The lowest BCUT2D eigenvalue weighted by atomic mass is 9.93. The molecule has 0 unspecified atom stereocenters. The molecule has 0 spiro atoms. The van der Waals surface area contributed by atoms with Crippen molar-refractivity contribution in [2.24, 2.45) is 11.1 Å². The van der Waals surface area contributed by atoms with E-state index < -0.39 is 0 Å². The summed E-state index contributed by atoms with van der Waals surface area (Å²) >= 11 is 12.1. The molecule has 152 valence electrons. The fourth-order valence-corrected chi connectivity index (χ4v) is 2.94. The van der Waals surface area contributed by atoms with Gasteiger partial charge in [-0.2, -0.15) is 0 Å². The van der Waals surface area contributed by atoms with Gasteiger partial charge in [-0.1, -0.05) is 37.0 Å². The van der Waals surface area contributed by atoms with Crippen LogP contribution < -0.4 is 5.73 Å². The number of aryl methyl sites for hydroxylation is 1. The van der Waals surface area contributed by atoms with Crippen molar-refractivity contribution in [3.8, 4) is 11.3 Å². The van der Waals surface area contributed by atoms with Gasteiger partial charge in [0.2, 0.25) is 5.91 Å². The Kier molecular flexibility index (Phi) is 10.7. The third-order valence-electron chi connectivity index (χ3n) is 3.95. The van der Waals surface area contributed by atoms with Crippen molar-refractivity contribution in [2.75, 3.05) is 20.1 Å². The van der Waals surface area contributed by atoms with E-state index >= 15 is 0 Å². The molecule has 2 rings (SSSR count). The Bertz CT molecular complexity index is 750. The number of aromatic nitrogens is 1. The highest BCUT2D eigenvalue weighted by molar-refractivity contribution is 6.36. The summed E-state index contributed by atoms with van der Waals surface area (Å²) in [4.78, 5) is 18.2. The molecule has 0 atom stereocenters. The van der Waals surface area contributed by atoms with Gasteiger partial charge in [-0.05, 0) is 30.2 Å². The van der Waals surface area contributed by atoms with Crippen molar-refractivity contribution in [1.29, 1.82) is 0 Å². The lowest BCUT2D eigenvalue weighted by Gasteiger charge is -2.29. The van der Waals surface area contributed by atoms with Gasteiger partial charge in [0.25, 0.3) is 0 Å². The van der Waals surface area contributed by atoms with Crippen molar-refractivity contribution < 1.29 is 9.21 Å². The zero-order chi connectivity index (χ0) is 18.6. The van der Waals surface area contributed by atoms with Crippen molar-refractivity contribution >= 4 is 53.9 Å². The number of rotatable bonds is 7. The molecular formula is C18H25Cl4N3O2. The molecule has 0 aliphatic rings. The average Bonchev–Trinajstić information content (AvgIpc) is 3.00. The van der Waals surface area contributed by atoms with Crippen LogP contribution in [0.5, 0.6) is 0 Å². The molecule has 5 nitrogen and oxygen atoms in total. The third-order valence-corrected chi connectivity index (χ3v) is 4.49. The number of benzene rings is 1. The van der Waals surface area contributed by atoms with E-state index in [9.17, 15) is 4.79 Å². The van der Waals surface area contributed by atoms with Crippen molar-refractivity contribution in [1.82, 2.24) is 9.88 Å². The second kappa shape index (κ2) is 11.1. The highest BCUT2D eigenvalue weighted by Crippen LogP contribution is 2.30. The maximum absolute atomic E-state index is 12.3. The molecule has 0 saturated carbocycles. The van der Waals surface area contributed by atoms with Crippen LogP contribution in [0.4, 0.5) is 0 Å². The Balaban J connectivity index is 0.00000338. The van der Waals surface area contributed by atoms with Crippen LogP contribution in [0.15, 0.2) is 28.8 Å². The van der Waals surface area contributed by atoms with Crippen molar-refractivity contribution in [2.45, 2.75) is 26.7 Å². The second-order valence-electron chi connectivity index (χ2n) is 6.86. The van der Waals surface area contributed by atoms with Crippen molar-refractivity contribution in [3.05, 3.63) is 40.3 Å². The SMILES string of the molecule is CN(CC(C)(C)CN)C(=O)CCc1ncc(-c2ccc(Cl)cc2Cl)o1.Cl.Cl. The zero-order valence-corrected chi connectivity index (χ0v) is 18.6. The number of oxazole rings is 1. The number of carbonyl (C=O) groups is 1. The van der Waals surface area contributed by atoms with E-state index in [2.05, 4.69) is 4.98 Å². The maximum atomic E-state index is 12.3. The van der Waals surface area contributed by atoms with Gasteiger partial charge in [0.15, 0.2) is 11.7 Å². The molecule has 9 heteroatoms. The summed E-state index contributed by atoms with van der Waals surface area (Å²) in [5.74, 6) is 1.09. The largest absolute Gasteiger partial charge is 0.441 e. The highest BCUT2D eigenvalue weighted by atomic mass is 35.5. The summed E-state index contributed by atoms with van der Waals surface area (Å²) in [6.07, 6.45) is 2.36. The van der Waals surface area contributed by atoms with Gasteiger partial charge in [-0.15, -0.1) is 24.8 Å². The molecule has 0 radical (unpaired) electrons. The van der Waals surface area contributed by atoms with E-state index in [4.69, 9.17) is 33.4 Å². The first-order valence-electron chi connectivity index (χ1n) is 8.06. The Labute approximate surface area is 182 Å². The molecule has 2 aromatic rings. The van der Waals surface area contributed by atoms with Crippen LogP contribution in [0.25, 0.3) is 11.3 Å². The molecule has 1 aromatic carbocycles. The zero-order valence-electron chi connectivity index (χ0n) is 15.5. The number of halogens is 4. The summed E-state index contributed by atoms with van der Waals surface area (Å²) in [6.45, 7) is 5.20. The monoisotopic (exact) mass is 455 g/mol. The van der Waals surface area contributed by atoms with E-state index in [-0.39, 0.29) is 36.1 Å². The van der Waals surface area contributed by atoms with Crippen LogP contribution >= 0.6 is 48.0 Å². The number of hydrogen-bond acceptors (Lipinski definition) is 4. The molecule has 0 aliphatic carbocycles. The molecular weight excluding hydrogens is 432 g/mol. The predicted octanol–water partition coefficient (Wildman–Crippen LogP) is 4.87. The van der Waals surface area contributed by atoms with Crippen LogP contribution in [0.3, 0.4) is 0 Å². The van der Waals surface area contributed by atoms with Gasteiger partial charge < -0.3 is 15.1 Å². The van der Waals surface area contributed by atoms with Gasteiger partial charge in [0.1, 0.15) is 0 Å². The standard InChI is InChI=1S/C18H23Cl2N3O2.2ClH/c1-18(2,10-21)11-23(3)17(24)7-6-16-22-9-15(25-16)13-5-4-12(19)8-14(13)20;;/h4-5,8-9H,6-7,10-11,21H2,1-3H3;2*1H. The lowest BCUT2D eigenvalue weighted by molar-refractivity contribution is -0.131. The topological polar surface area (TPSA) is 72.4 Å². The van der Waals surface area contributed by atoms with Gasteiger partial charge in [0.05, 0.1) is 11.2 Å². The van der Waals surface area contributed by atoms with Gasteiger partial charge in [0, 0.05) is 37.0 Å². The van der Waals surface area contributed by atoms with E-state index in [1.54, 1.807) is 36.3 Å².